The summed E-state index contributed by atoms with van der Waals surface area (Å²) in [6, 6.07) is 5.03. The number of aliphatic hydroxyl groups excluding tert-OH is 1. The number of aromatic nitrogens is 3. The highest BCUT2D eigenvalue weighted by Gasteiger charge is 2.35. The summed E-state index contributed by atoms with van der Waals surface area (Å²) < 4.78 is 28.9. The van der Waals surface area contributed by atoms with Gasteiger partial charge in [0.1, 0.15) is 42.1 Å². The molecular formula is C29H37FN6O4. The average Bonchev–Trinajstić information content (AvgIpc) is 3.59. The minimum absolute atomic E-state index is 0.0710. The largest absolute Gasteiger partial charge is 0.491 e. The topological polar surface area (TPSA) is 119 Å². The third-order valence-corrected chi connectivity index (χ3v) is 8.49. The number of rotatable bonds is 8. The van der Waals surface area contributed by atoms with Crippen LogP contribution in [0.25, 0.3) is 22.2 Å². The zero-order chi connectivity index (χ0) is 27.8. The van der Waals surface area contributed by atoms with E-state index in [1.54, 1.807) is 17.0 Å². The molecule has 11 heteroatoms. The lowest BCUT2D eigenvalue weighted by molar-refractivity contribution is -0.141. The number of hydrogen-bond donors (Lipinski definition) is 2. The number of nitrogens with two attached hydrogens (primary N) is 1. The predicted molar refractivity (Wildman–Crippen MR) is 148 cm³/mol. The van der Waals surface area contributed by atoms with Gasteiger partial charge in [-0.2, -0.15) is 0 Å². The monoisotopic (exact) mass is 552 g/mol. The molecule has 2 aliphatic heterocycles. The quantitative estimate of drug-likeness (QED) is 0.438. The summed E-state index contributed by atoms with van der Waals surface area (Å²) in [6.07, 6.45) is 6.50. The van der Waals surface area contributed by atoms with E-state index in [4.69, 9.17) is 15.2 Å². The van der Waals surface area contributed by atoms with Crippen molar-refractivity contribution in [3.05, 3.63) is 36.5 Å². The molecular weight excluding hydrogens is 515 g/mol. The van der Waals surface area contributed by atoms with Crippen molar-refractivity contribution in [1.82, 2.24) is 24.3 Å². The van der Waals surface area contributed by atoms with E-state index in [0.29, 0.717) is 59.3 Å². The molecule has 0 bridgehead atoms. The molecule has 3 aliphatic rings. The molecule has 4 heterocycles. The summed E-state index contributed by atoms with van der Waals surface area (Å²) in [5.41, 5.74) is 8.10. The van der Waals surface area contributed by atoms with Crippen molar-refractivity contribution in [2.45, 2.75) is 50.9 Å². The Morgan fingerprint density at radius 2 is 2.02 bits per heavy atom. The summed E-state index contributed by atoms with van der Waals surface area (Å²) in [5, 5.41) is 10.2. The molecule has 2 saturated heterocycles. The van der Waals surface area contributed by atoms with Crippen molar-refractivity contribution in [2.24, 2.45) is 5.92 Å². The standard InChI is InChI=1S/C29H37FN6O4/c1-18(37)29(38)35-8-6-34(7-9-35)14-19-11-20(12-19)36-15-24(26-27(31)32-17-33-28(26)36)23-13-21(4-5-25(23)30)40-16-22-3-2-10-39-22/h4-5,13,15,17-20,22,37H,2-3,6-12,14,16H2,1H3,(H2,31,32,33)/t18-,19?,20?,22-/m0/s1. The molecule has 6 rings (SSSR count). The molecule has 3 aromatic rings. The molecule has 0 radical (unpaired) electrons. The van der Waals surface area contributed by atoms with Crippen LogP contribution < -0.4 is 10.5 Å². The maximum Gasteiger partial charge on any atom is 0.251 e. The van der Waals surface area contributed by atoms with Crippen molar-refractivity contribution in [2.75, 3.05) is 51.7 Å². The zero-order valence-electron chi connectivity index (χ0n) is 22.8. The average molecular weight is 553 g/mol. The van der Waals surface area contributed by atoms with Gasteiger partial charge in [0.15, 0.2) is 0 Å². The minimum atomic E-state index is -0.951. The molecule has 10 nitrogen and oxygen atoms in total. The number of nitrogens with zero attached hydrogens (tertiary/aromatic N) is 5. The second kappa shape index (κ2) is 11.3. The number of halogens is 1. The Bertz CT molecular complexity index is 1360. The second-order valence-electron chi connectivity index (χ2n) is 11.3. The molecule has 2 atom stereocenters. The molecule has 1 aliphatic carbocycles. The number of carbonyl (C=O) groups is 1. The third-order valence-electron chi connectivity index (χ3n) is 8.49. The summed E-state index contributed by atoms with van der Waals surface area (Å²) in [4.78, 5) is 24.9. The Labute approximate surface area is 232 Å². The highest BCUT2D eigenvalue weighted by atomic mass is 19.1. The van der Waals surface area contributed by atoms with Crippen LogP contribution in [0.2, 0.25) is 0 Å². The van der Waals surface area contributed by atoms with Crippen LogP contribution in [0.5, 0.6) is 5.75 Å². The third kappa shape index (κ3) is 5.37. The fourth-order valence-corrected chi connectivity index (χ4v) is 6.21. The van der Waals surface area contributed by atoms with Crippen molar-refractivity contribution >= 4 is 22.8 Å². The van der Waals surface area contributed by atoms with Crippen LogP contribution in [0, 0.1) is 11.7 Å². The van der Waals surface area contributed by atoms with Gasteiger partial charge < -0.3 is 29.8 Å². The number of amides is 1. The SMILES string of the molecule is C[C@H](O)C(=O)N1CCN(CC2CC(n3cc(-c4cc(OC[C@@H]5CCCO5)ccc4F)c4c(N)ncnc43)C2)CC1. The van der Waals surface area contributed by atoms with Crippen molar-refractivity contribution in [1.29, 1.82) is 0 Å². The normalized spacial score (nSPS) is 24.3. The van der Waals surface area contributed by atoms with Gasteiger partial charge in [-0.15, -0.1) is 0 Å². The van der Waals surface area contributed by atoms with E-state index in [1.807, 2.05) is 6.20 Å². The molecule has 3 fully saturated rings. The van der Waals surface area contributed by atoms with Gasteiger partial charge in [0, 0.05) is 62.7 Å². The summed E-state index contributed by atoms with van der Waals surface area (Å²) >= 11 is 0. The van der Waals surface area contributed by atoms with E-state index < -0.39 is 6.10 Å². The van der Waals surface area contributed by atoms with E-state index in [2.05, 4.69) is 19.4 Å². The van der Waals surface area contributed by atoms with Crippen LogP contribution in [0.1, 0.15) is 38.6 Å². The smallest absolute Gasteiger partial charge is 0.251 e. The van der Waals surface area contributed by atoms with Crippen molar-refractivity contribution in [3.8, 4) is 16.9 Å². The minimum Gasteiger partial charge on any atom is -0.491 e. The van der Waals surface area contributed by atoms with Crippen LogP contribution in [-0.4, -0.2) is 93.5 Å². The number of piperazine rings is 1. The first-order chi connectivity index (χ1) is 19.4. The number of benzene rings is 1. The first kappa shape index (κ1) is 26.9. The Morgan fingerprint density at radius 1 is 1.23 bits per heavy atom. The first-order valence-electron chi connectivity index (χ1n) is 14.2. The van der Waals surface area contributed by atoms with Gasteiger partial charge in [-0.05, 0) is 56.7 Å². The van der Waals surface area contributed by atoms with E-state index in [9.17, 15) is 9.90 Å². The van der Waals surface area contributed by atoms with Crippen LogP contribution in [0.3, 0.4) is 0 Å². The van der Waals surface area contributed by atoms with Gasteiger partial charge in [0.25, 0.3) is 5.91 Å². The fraction of sp³-hybridized carbons (Fsp3) is 0.552. The zero-order valence-corrected chi connectivity index (χ0v) is 22.8. The predicted octanol–water partition coefficient (Wildman–Crippen LogP) is 2.85. The molecule has 1 amide bonds. The van der Waals surface area contributed by atoms with Crippen molar-refractivity contribution in [3.63, 3.8) is 0 Å². The second-order valence-corrected chi connectivity index (χ2v) is 11.3. The molecule has 1 saturated carbocycles. The number of fused-ring (bicyclic) bond motifs is 1. The first-order valence-corrected chi connectivity index (χ1v) is 14.2. The summed E-state index contributed by atoms with van der Waals surface area (Å²) in [7, 11) is 0. The Morgan fingerprint density at radius 3 is 2.75 bits per heavy atom. The van der Waals surface area contributed by atoms with Gasteiger partial charge in [0.2, 0.25) is 0 Å². The molecule has 0 unspecified atom stereocenters. The van der Waals surface area contributed by atoms with E-state index in [-0.39, 0.29) is 23.9 Å². The van der Waals surface area contributed by atoms with E-state index >= 15 is 4.39 Å². The van der Waals surface area contributed by atoms with E-state index in [0.717, 1.165) is 51.9 Å². The molecule has 40 heavy (non-hydrogen) atoms. The van der Waals surface area contributed by atoms with Gasteiger partial charge >= 0.3 is 0 Å². The Balaban J connectivity index is 1.15. The Hall–Kier alpha value is -3.28. The fourth-order valence-electron chi connectivity index (χ4n) is 6.21. The maximum atomic E-state index is 15.2. The number of carbonyl (C=O) groups excluding carboxylic acids is 1. The number of aliphatic hydroxyl groups is 1. The highest BCUT2D eigenvalue weighted by molar-refractivity contribution is 6.01. The summed E-state index contributed by atoms with van der Waals surface area (Å²) in [5.74, 6) is 0.879. The van der Waals surface area contributed by atoms with E-state index in [1.165, 1.54) is 19.3 Å². The van der Waals surface area contributed by atoms with Crippen molar-refractivity contribution < 1.29 is 23.8 Å². The van der Waals surface area contributed by atoms with Gasteiger partial charge in [0.05, 0.1) is 11.5 Å². The van der Waals surface area contributed by atoms with Crippen LogP contribution >= 0.6 is 0 Å². The lowest BCUT2D eigenvalue weighted by Crippen LogP contribution is -2.52. The number of hydrogen-bond acceptors (Lipinski definition) is 8. The highest BCUT2D eigenvalue weighted by Crippen LogP contribution is 2.44. The number of anilines is 1. The maximum absolute atomic E-state index is 15.2. The van der Waals surface area contributed by atoms with Gasteiger partial charge in [-0.1, -0.05) is 0 Å². The lowest BCUT2D eigenvalue weighted by atomic mass is 9.79. The molecule has 3 N–H and O–H groups in total. The van der Waals surface area contributed by atoms with Crippen LogP contribution in [-0.2, 0) is 9.53 Å². The van der Waals surface area contributed by atoms with Gasteiger partial charge in [-0.3, -0.25) is 9.69 Å². The molecule has 214 valence electrons. The number of nitrogen functional groups attached to an aromatic ring is 1. The summed E-state index contributed by atoms with van der Waals surface area (Å²) in [6.45, 7) is 6.58. The lowest BCUT2D eigenvalue weighted by Gasteiger charge is -2.42. The Kier molecular flexibility index (Phi) is 7.61. The molecule has 1 aromatic carbocycles. The van der Waals surface area contributed by atoms with Crippen LogP contribution in [0.15, 0.2) is 30.7 Å². The molecule has 2 aromatic heterocycles. The number of ether oxygens (including phenoxy) is 2. The molecule has 0 spiro atoms. The van der Waals surface area contributed by atoms with Crippen LogP contribution in [0.4, 0.5) is 10.2 Å². The van der Waals surface area contributed by atoms with Gasteiger partial charge in [-0.25, -0.2) is 14.4 Å².